The molecule has 4 unspecified atom stereocenters. The Bertz CT molecular complexity index is 1830. The molecule has 5 atom stereocenters. The van der Waals surface area contributed by atoms with Gasteiger partial charge in [0.05, 0.1) is 31.5 Å². The molecule has 2 heterocycles. The van der Waals surface area contributed by atoms with E-state index >= 15 is 0 Å². The fourth-order valence-electron chi connectivity index (χ4n) is 6.52. The van der Waals surface area contributed by atoms with Crippen LogP contribution in [-0.4, -0.2) is 83.3 Å². The third kappa shape index (κ3) is 8.32. The van der Waals surface area contributed by atoms with E-state index in [4.69, 9.17) is 23.9 Å². The summed E-state index contributed by atoms with van der Waals surface area (Å²) in [5.74, 6) is -0.744. The number of aromatic nitrogens is 1. The number of nitrogens with one attached hydrogen (secondary N) is 2. The highest BCUT2D eigenvalue weighted by Gasteiger charge is 2.62. The second-order valence-corrected chi connectivity index (χ2v) is 15.4. The zero-order valence-electron chi connectivity index (χ0n) is 31.3. The molecule has 2 fully saturated rings. The van der Waals surface area contributed by atoms with E-state index in [1.54, 1.807) is 40.9 Å². The largest absolute Gasteiger partial charge is 0.497 e. The first kappa shape index (κ1) is 38.1. The summed E-state index contributed by atoms with van der Waals surface area (Å²) in [4.78, 5) is 61.2. The van der Waals surface area contributed by atoms with E-state index in [0.717, 1.165) is 10.9 Å². The molecule has 1 saturated carbocycles. The Balaban J connectivity index is 1.51. The van der Waals surface area contributed by atoms with Gasteiger partial charge in [0.25, 0.3) is 0 Å². The molecule has 1 aliphatic carbocycles. The highest BCUT2D eigenvalue weighted by Crippen LogP contribution is 2.46. The van der Waals surface area contributed by atoms with Crippen LogP contribution in [0.5, 0.6) is 11.5 Å². The first-order valence-electron chi connectivity index (χ1n) is 17.6. The number of pyridine rings is 1. The summed E-state index contributed by atoms with van der Waals surface area (Å²) >= 11 is 0. The number of carbonyl (C=O) groups is 4. The van der Waals surface area contributed by atoms with Crippen molar-refractivity contribution in [1.82, 2.24) is 20.5 Å². The van der Waals surface area contributed by atoms with Crippen molar-refractivity contribution in [2.45, 2.75) is 90.6 Å². The number of methoxy groups -OCH3 is 1. The third-order valence-corrected chi connectivity index (χ3v) is 9.25. The Morgan fingerprint density at radius 2 is 1.77 bits per heavy atom. The van der Waals surface area contributed by atoms with Gasteiger partial charge in [0.15, 0.2) is 0 Å². The Hall–Kier alpha value is -5.13. The summed E-state index contributed by atoms with van der Waals surface area (Å²) in [5, 5.41) is 6.39. The van der Waals surface area contributed by atoms with E-state index in [1.165, 1.54) is 4.90 Å². The van der Waals surface area contributed by atoms with Crippen molar-refractivity contribution in [2.24, 2.45) is 11.3 Å². The Kier molecular flexibility index (Phi) is 10.9. The minimum absolute atomic E-state index is 0.0252. The number of ether oxygens (including phenoxy) is 4. The van der Waals surface area contributed by atoms with Gasteiger partial charge in [-0.05, 0) is 51.7 Å². The van der Waals surface area contributed by atoms with Gasteiger partial charge in [-0.1, -0.05) is 57.2 Å². The quantitative estimate of drug-likeness (QED) is 0.185. The number of benzene rings is 2. The van der Waals surface area contributed by atoms with Gasteiger partial charge in [-0.3, -0.25) is 9.59 Å². The van der Waals surface area contributed by atoms with E-state index in [2.05, 4.69) is 17.2 Å². The second-order valence-electron chi connectivity index (χ2n) is 15.4. The SMILES string of the molecule is C=CC1CC1(NC(=O)C1C[C@@H](Oc2cc(-c3ccccc3)nc3cc(OC)ccc23)CN1C(=O)C(NC(=O)OC(C)(C)C)C(C)(C)C)C(=O)OCC. The number of fused-ring (bicyclic) bond motifs is 1. The lowest BCUT2D eigenvalue weighted by molar-refractivity contribution is -0.150. The number of likely N-dealkylation sites (tertiary alicyclic amines) is 1. The summed E-state index contributed by atoms with van der Waals surface area (Å²) in [5.41, 5.74) is -0.642. The van der Waals surface area contributed by atoms with Crippen LogP contribution in [0.1, 0.15) is 61.3 Å². The van der Waals surface area contributed by atoms with E-state index in [1.807, 2.05) is 75.4 Å². The van der Waals surface area contributed by atoms with Crippen molar-refractivity contribution < 1.29 is 38.1 Å². The van der Waals surface area contributed by atoms with Gasteiger partial charge in [-0.15, -0.1) is 6.58 Å². The van der Waals surface area contributed by atoms with Crippen molar-refractivity contribution in [3.05, 3.63) is 67.3 Å². The van der Waals surface area contributed by atoms with E-state index in [9.17, 15) is 19.2 Å². The van der Waals surface area contributed by atoms with Crippen molar-refractivity contribution in [3.8, 4) is 22.8 Å². The summed E-state index contributed by atoms with van der Waals surface area (Å²) in [6, 6.07) is 14.9. The number of alkyl carbamates (subject to hydrolysis) is 1. The van der Waals surface area contributed by atoms with Crippen LogP contribution < -0.4 is 20.1 Å². The normalized spacial score (nSPS) is 21.8. The molecule has 0 spiro atoms. The average Bonchev–Trinajstić information content (AvgIpc) is 3.64. The van der Waals surface area contributed by atoms with Crippen molar-refractivity contribution in [1.29, 1.82) is 0 Å². The minimum Gasteiger partial charge on any atom is -0.497 e. The van der Waals surface area contributed by atoms with Gasteiger partial charge in [0.2, 0.25) is 11.8 Å². The van der Waals surface area contributed by atoms with Crippen LogP contribution in [0.3, 0.4) is 0 Å². The molecule has 12 heteroatoms. The molecular formula is C40H50N4O8. The van der Waals surface area contributed by atoms with Crippen molar-refractivity contribution in [2.75, 3.05) is 20.3 Å². The maximum atomic E-state index is 14.6. The molecule has 12 nitrogen and oxygen atoms in total. The molecule has 278 valence electrons. The number of carbonyl (C=O) groups excluding carboxylic acids is 4. The first-order valence-corrected chi connectivity index (χ1v) is 17.6. The Morgan fingerprint density at radius 1 is 1.06 bits per heavy atom. The molecule has 0 bridgehead atoms. The van der Waals surface area contributed by atoms with E-state index in [0.29, 0.717) is 29.1 Å². The lowest BCUT2D eigenvalue weighted by Crippen LogP contribution is -2.59. The van der Waals surface area contributed by atoms with Crippen LogP contribution >= 0.6 is 0 Å². The highest BCUT2D eigenvalue weighted by atomic mass is 16.6. The lowest BCUT2D eigenvalue weighted by atomic mass is 9.85. The fraction of sp³-hybridized carbons (Fsp3) is 0.475. The van der Waals surface area contributed by atoms with Crippen molar-refractivity contribution >= 4 is 34.8 Å². The number of rotatable bonds is 11. The number of hydrogen-bond donors (Lipinski definition) is 2. The van der Waals surface area contributed by atoms with Gasteiger partial charge in [-0.2, -0.15) is 0 Å². The molecule has 52 heavy (non-hydrogen) atoms. The number of esters is 1. The van der Waals surface area contributed by atoms with Crippen LogP contribution in [0, 0.1) is 11.3 Å². The first-order chi connectivity index (χ1) is 24.5. The van der Waals surface area contributed by atoms with Crippen LogP contribution in [0.2, 0.25) is 0 Å². The van der Waals surface area contributed by atoms with Crippen LogP contribution in [0.4, 0.5) is 4.79 Å². The van der Waals surface area contributed by atoms with Crippen LogP contribution in [-0.2, 0) is 23.9 Å². The van der Waals surface area contributed by atoms with Gasteiger partial charge in [-0.25, -0.2) is 14.6 Å². The second kappa shape index (κ2) is 14.8. The van der Waals surface area contributed by atoms with Crippen molar-refractivity contribution in [3.63, 3.8) is 0 Å². The van der Waals surface area contributed by atoms with Crippen LogP contribution in [0.15, 0.2) is 67.3 Å². The molecule has 3 amide bonds. The zero-order valence-corrected chi connectivity index (χ0v) is 31.3. The van der Waals surface area contributed by atoms with E-state index in [-0.39, 0.29) is 25.5 Å². The molecule has 1 aromatic heterocycles. The number of amides is 3. The fourth-order valence-corrected chi connectivity index (χ4v) is 6.52. The van der Waals surface area contributed by atoms with Gasteiger partial charge >= 0.3 is 12.1 Å². The Morgan fingerprint density at radius 3 is 2.37 bits per heavy atom. The van der Waals surface area contributed by atoms with E-state index < -0.39 is 58.6 Å². The monoisotopic (exact) mass is 714 g/mol. The summed E-state index contributed by atoms with van der Waals surface area (Å²) in [7, 11) is 1.59. The molecule has 3 aromatic rings. The smallest absolute Gasteiger partial charge is 0.408 e. The molecular weight excluding hydrogens is 664 g/mol. The molecule has 2 aliphatic rings. The molecule has 2 aromatic carbocycles. The highest BCUT2D eigenvalue weighted by molar-refractivity contribution is 5.97. The number of hydrogen-bond acceptors (Lipinski definition) is 9. The third-order valence-electron chi connectivity index (χ3n) is 9.25. The predicted octanol–water partition coefficient (Wildman–Crippen LogP) is 5.82. The topological polar surface area (TPSA) is 145 Å². The minimum atomic E-state index is -1.27. The van der Waals surface area contributed by atoms with Crippen LogP contribution in [0.25, 0.3) is 22.2 Å². The summed E-state index contributed by atoms with van der Waals surface area (Å²) < 4.78 is 23.0. The molecule has 1 aliphatic heterocycles. The number of nitrogens with zero attached hydrogens (tertiary/aromatic N) is 2. The standard InChI is InChI=1S/C40H50N4O8/c1-10-25-22-40(25,36(47)50-11-2)43-34(45)31-20-27(23-44(31)35(46)33(38(3,4)5)42-37(48)52-39(6,7)8)51-32-21-29(24-15-13-12-14-16-24)41-30-19-26(49-9)17-18-28(30)32/h10,12-19,21,25,27,31,33H,1,11,20,22-23H2,2-9H3,(H,42,48)(H,43,45)/t25?,27-,31?,33?,40?/m1/s1. The average molecular weight is 715 g/mol. The zero-order chi connectivity index (χ0) is 38.0. The molecule has 2 N–H and O–H groups in total. The Labute approximate surface area is 305 Å². The predicted molar refractivity (Wildman–Crippen MR) is 197 cm³/mol. The maximum absolute atomic E-state index is 14.6. The van der Waals surface area contributed by atoms with Gasteiger partial charge in [0, 0.05) is 35.4 Å². The maximum Gasteiger partial charge on any atom is 0.408 e. The van der Waals surface area contributed by atoms with Gasteiger partial charge in [0.1, 0.15) is 40.8 Å². The van der Waals surface area contributed by atoms with Gasteiger partial charge < -0.3 is 34.5 Å². The summed E-state index contributed by atoms with van der Waals surface area (Å²) in [6.07, 6.45) is 0.662. The molecule has 1 saturated heterocycles. The molecule has 0 radical (unpaired) electrons. The molecule has 5 rings (SSSR count). The summed E-state index contributed by atoms with van der Waals surface area (Å²) in [6.45, 7) is 16.4. The lowest BCUT2D eigenvalue weighted by Gasteiger charge is -2.36.